The summed E-state index contributed by atoms with van der Waals surface area (Å²) < 4.78 is 5.33. The van der Waals surface area contributed by atoms with Crippen molar-refractivity contribution in [3.05, 3.63) is 0 Å². The third-order valence-corrected chi connectivity index (χ3v) is 3.56. The minimum atomic E-state index is 0.0859. The lowest BCUT2D eigenvalue weighted by Gasteiger charge is -2.35. The van der Waals surface area contributed by atoms with Crippen LogP contribution in [0.1, 0.15) is 33.6 Å². The number of hydrogen-bond acceptors (Lipinski definition) is 4. The fourth-order valence-corrected chi connectivity index (χ4v) is 2.11. The second-order valence-electron chi connectivity index (χ2n) is 5.26. The minimum absolute atomic E-state index is 0.0859. The molecule has 0 aromatic rings. The Labute approximate surface area is 110 Å². The summed E-state index contributed by atoms with van der Waals surface area (Å²) in [5.41, 5.74) is 5.65. The van der Waals surface area contributed by atoms with E-state index in [2.05, 4.69) is 24.1 Å². The smallest absolute Gasteiger partial charge is 0.220 e. The van der Waals surface area contributed by atoms with Crippen molar-refractivity contribution >= 4 is 5.91 Å². The zero-order valence-corrected chi connectivity index (χ0v) is 11.8. The molecule has 106 valence electrons. The molecule has 1 heterocycles. The van der Waals surface area contributed by atoms with E-state index in [1.807, 2.05) is 6.92 Å². The third-order valence-electron chi connectivity index (χ3n) is 3.56. The van der Waals surface area contributed by atoms with Gasteiger partial charge in [0.2, 0.25) is 5.91 Å². The molecule has 3 N–H and O–H groups in total. The summed E-state index contributed by atoms with van der Waals surface area (Å²) in [6, 6.07) is 0.583. The number of rotatable bonds is 6. The van der Waals surface area contributed by atoms with E-state index in [9.17, 15) is 4.79 Å². The molecule has 5 nitrogen and oxygen atoms in total. The second kappa shape index (κ2) is 7.71. The third kappa shape index (κ3) is 5.33. The molecule has 1 fully saturated rings. The van der Waals surface area contributed by atoms with E-state index in [0.29, 0.717) is 12.5 Å². The number of nitrogens with zero attached hydrogens (tertiary/aromatic N) is 1. The lowest BCUT2D eigenvalue weighted by molar-refractivity contribution is -0.122. The summed E-state index contributed by atoms with van der Waals surface area (Å²) in [6.07, 6.45) is 1.25. The van der Waals surface area contributed by atoms with Crippen LogP contribution in [0.5, 0.6) is 0 Å². The highest BCUT2D eigenvalue weighted by Gasteiger charge is 2.23. The van der Waals surface area contributed by atoms with E-state index in [1.165, 1.54) is 0 Å². The Morgan fingerprint density at radius 2 is 1.94 bits per heavy atom. The molecule has 0 aromatic heterocycles. The normalized spacial score (nSPS) is 22.2. The number of ether oxygens (including phenoxy) is 1. The van der Waals surface area contributed by atoms with Crippen LogP contribution in [0, 0.1) is 0 Å². The average molecular weight is 257 g/mol. The van der Waals surface area contributed by atoms with Crippen molar-refractivity contribution in [2.45, 2.75) is 51.7 Å². The SMILES string of the molecule is CC(N)CCC(=O)NC(C)C(C)N1CCOCC1. The maximum atomic E-state index is 11.7. The number of carbonyl (C=O) groups excluding carboxylic acids is 1. The quantitative estimate of drug-likeness (QED) is 0.720. The van der Waals surface area contributed by atoms with Crippen molar-refractivity contribution in [2.24, 2.45) is 5.73 Å². The number of nitrogens with two attached hydrogens (primary N) is 1. The van der Waals surface area contributed by atoms with Crippen LogP contribution in [0.15, 0.2) is 0 Å². The minimum Gasteiger partial charge on any atom is -0.379 e. The monoisotopic (exact) mass is 257 g/mol. The van der Waals surface area contributed by atoms with Crippen LogP contribution >= 0.6 is 0 Å². The van der Waals surface area contributed by atoms with Gasteiger partial charge in [0.05, 0.1) is 13.2 Å². The first kappa shape index (κ1) is 15.4. The molecule has 1 rings (SSSR count). The number of nitrogens with one attached hydrogen (secondary N) is 1. The second-order valence-corrected chi connectivity index (χ2v) is 5.26. The molecule has 0 bridgehead atoms. The zero-order valence-electron chi connectivity index (χ0n) is 11.8. The molecule has 1 saturated heterocycles. The molecule has 1 amide bonds. The first-order valence-corrected chi connectivity index (χ1v) is 6.87. The molecule has 3 atom stereocenters. The molecule has 0 radical (unpaired) electrons. The van der Waals surface area contributed by atoms with Crippen molar-refractivity contribution in [3.8, 4) is 0 Å². The largest absolute Gasteiger partial charge is 0.379 e. The summed E-state index contributed by atoms with van der Waals surface area (Å²) in [6.45, 7) is 9.60. The van der Waals surface area contributed by atoms with Gasteiger partial charge < -0.3 is 15.8 Å². The Morgan fingerprint density at radius 1 is 1.33 bits per heavy atom. The Bertz CT molecular complexity index is 253. The molecular weight excluding hydrogens is 230 g/mol. The van der Waals surface area contributed by atoms with E-state index in [4.69, 9.17) is 10.5 Å². The van der Waals surface area contributed by atoms with Crippen molar-refractivity contribution in [1.29, 1.82) is 0 Å². The first-order valence-electron chi connectivity index (χ1n) is 6.87. The highest BCUT2D eigenvalue weighted by atomic mass is 16.5. The number of amides is 1. The summed E-state index contributed by atoms with van der Waals surface area (Å²) >= 11 is 0. The molecule has 0 spiro atoms. The van der Waals surface area contributed by atoms with Gasteiger partial charge in [0.25, 0.3) is 0 Å². The van der Waals surface area contributed by atoms with Gasteiger partial charge in [0.15, 0.2) is 0 Å². The van der Waals surface area contributed by atoms with Gasteiger partial charge in [-0.1, -0.05) is 0 Å². The van der Waals surface area contributed by atoms with Crippen LogP contribution in [0.4, 0.5) is 0 Å². The first-order chi connectivity index (χ1) is 8.50. The van der Waals surface area contributed by atoms with Gasteiger partial charge in [-0.3, -0.25) is 9.69 Å². The molecule has 0 saturated carbocycles. The van der Waals surface area contributed by atoms with Crippen LogP contribution in [-0.2, 0) is 9.53 Å². The topological polar surface area (TPSA) is 67.6 Å². The van der Waals surface area contributed by atoms with Gasteiger partial charge >= 0.3 is 0 Å². The molecule has 0 aliphatic carbocycles. The summed E-state index contributed by atoms with van der Waals surface area (Å²) in [4.78, 5) is 14.1. The summed E-state index contributed by atoms with van der Waals surface area (Å²) in [5, 5.41) is 3.06. The van der Waals surface area contributed by atoms with Crippen molar-refractivity contribution < 1.29 is 9.53 Å². The van der Waals surface area contributed by atoms with E-state index in [1.54, 1.807) is 0 Å². The summed E-state index contributed by atoms with van der Waals surface area (Å²) in [7, 11) is 0. The lowest BCUT2D eigenvalue weighted by Crippen LogP contribution is -2.52. The molecule has 3 unspecified atom stereocenters. The summed E-state index contributed by atoms with van der Waals surface area (Å²) in [5.74, 6) is 0.0971. The molecule has 1 aliphatic rings. The van der Waals surface area contributed by atoms with Crippen molar-refractivity contribution in [1.82, 2.24) is 10.2 Å². The van der Waals surface area contributed by atoms with Gasteiger partial charge in [0.1, 0.15) is 0 Å². The highest BCUT2D eigenvalue weighted by molar-refractivity contribution is 5.76. The highest BCUT2D eigenvalue weighted by Crippen LogP contribution is 2.07. The van der Waals surface area contributed by atoms with E-state index in [0.717, 1.165) is 32.7 Å². The molecule has 1 aliphatic heterocycles. The number of morpholine rings is 1. The standard InChI is InChI=1S/C13H27N3O2/c1-10(14)4-5-13(17)15-11(2)12(3)16-6-8-18-9-7-16/h10-12H,4-9,14H2,1-3H3,(H,15,17). The van der Waals surface area contributed by atoms with Crippen molar-refractivity contribution in [3.63, 3.8) is 0 Å². The van der Waals surface area contributed by atoms with Gasteiger partial charge in [0, 0.05) is 37.6 Å². The van der Waals surface area contributed by atoms with Crippen LogP contribution in [0.25, 0.3) is 0 Å². The van der Waals surface area contributed by atoms with E-state index in [-0.39, 0.29) is 18.0 Å². The van der Waals surface area contributed by atoms with Gasteiger partial charge in [-0.15, -0.1) is 0 Å². The predicted octanol–water partition coefficient (Wildman–Crippen LogP) is 0.339. The van der Waals surface area contributed by atoms with Gasteiger partial charge in [-0.2, -0.15) is 0 Å². The number of carbonyl (C=O) groups is 1. The van der Waals surface area contributed by atoms with E-state index < -0.39 is 0 Å². The van der Waals surface area contributed by atoms with Gasteiger partial charge in [-0.25, -0.2) is 0 Å². The molecular formula is C13H27N3O2. The predicted molar refractivity (Wildman–Crippen MR) is 72.3 cm³/mol. The van der Waals surface area contributed by atoms with Crippen LogP contribution < -0.4 is 11.1 Å². The average Bonchev–Trinajstić information content (AvgIpc) is 2.36. The molecule has 0 aromatic carbocycles. The Balaban J connectivity index is 2.29. The number of hydrogen-bond donors (Lipinski definition) is 2. The fraction of sp³-hybridized carbons (Fsp3) is 0.923. The van der Waals surface area contributed by atoms with Crippen LogP contribution in [0.2, 0.25) is 0 Å². The van der Waals surface area contributed by atoms with Gasteiger partial charge in [-0.05, 0) is 27.2 Å². The Kier molecular flexibility index (Phi) is 6.60. The molecule has 18 heavy (non-hydrogen) atoms. The Morgan fingerprint density at radius 3 is 2.50 bits per heavy atom. The lowest BCUT2D eigenvalue weighted by atomic mass is 10.1. The molecule has 5 heteroatoms. The van der Waals surface area contributed by atoms with Crippen molar-refractivity contribution in [2.75, 3.05) is 26.3 Å². The maximum Gasteiger partial charge on any atom is 0.220 e. The van der Waals surface area contributed by atoms with Crippen LogP contribution in [0.3, 0.4) is 0 Å². The zero-order chi connectivity index (χ0) is 13.5. The fourth-order valence-electron chi connectivity index (χ4n) is 2.11. The Hall–Kier alpha value is -0.650. The maximum absolute atomic E-state index is 11.7. The van der Waals surface area contributed by atoms with Crippen LogP contribution in [-0.4, -0.2) is 55.2 Å². The van der Waals surface area contributed by atoms with E-state index >= 15 is 0 Å².